The second-order valence-electron chi connectivity index (χ2n) is 5.66. The van der Waals surface area contributed by atoms with Crippen LogP contribution in [0.4, 0.5) is 0 Å². The first kappa shape index (κ1) is 19.9. The molecule has 1 aromatic carbocycles. The van der Waals surface area contributed by atoms with Gasteiger partial charge in [-0.05, 0) is 31.9 Å². The summed E-state index contributed by atoms with van der Waals surface area (Å²) < 4.78 is 11.2. The Kier molecular flexibility index (Phi) is 9.13. The molecule has 1 unspecified atom stereocenters. The number of methoxy groups -OCH3 is 1. The lowest BCUT2D eigenvalue weighted by atomic mass is 10.2. The van der Waals surface area contributed by atoms with Crippen molar-refractivity contribution in [2.75, 3.05) is 20.7 Å². The van der Waals surface area contributed by atoms with E-state index in [1.807, 2.05) is 31.2 Å². The van der Waals surface area contributed by atoms with Crippen molar-refractivity contribution in [3.63, 3.8) is 0 Å². The Morgan fingerprint density at radius 3 is 2.52 bits per heavy atom. The zero-order chi connectivity index (χ0) is 15.8. The summed E-state index contributed by atoms with van der Waals surface area (Å²) >= 11 is 0. The summed E-state index contributed by atoms with van der Waals surface area (Å²) in [5.41, 5.74) is 0. The van der Waals surface area contributed by atoms with Gasteiger partial charge in [-0.1, -0.05) is 25.0 Å². The van der Waals surface area contributed by atoms with Crippen LogP contribution < -0.4 is 20.1 Å². The molecule has 1 saturated carbocycles. The number of nitrogens with zero attached hydrogens (tertiary/aromatic N) is 1. The Hall–Kier alpha value is -1.18. The van der Waals surface area contributed by atoms with Crippen LogP contribution in [0.25, 0.3) is 0 Å². The summed E-state index contributed by atoms with van der Waals surface area (Å²) in [6.07, 6.45) is 5.09. The zero-order valence-corrected chi connectivity index (χ0v) is 16.5. The average Bonchev–Trinajstić information content (AvgIpc) is 3.05. The van der Waals surface area contributed by atoms with E-state index in [1.165, 1.54) is 25.7 Å². The Balaban J connectivity index is 0.00000264. The number of aliphatic imine (C=N–C) groups is 1. The highest BCUT2D eigenvalue weighted by molar-refractivity contribution is 14.0. The van der Waals surface area contributed by atoms with Gasteiger partial charge in [0.1, 0.15) is 6.10 Å². The smallest absolute Gasteiger partial charge is 0.191 e. The van der Waals surface area contributed by atoms with E-state index in [9.17, 15) is 0 Å². The van der Waals surface area contributed by atoms with E-state index in [2.05, 4.69) is 15.6 Å². The lowest BCUT2D eigenvalue weighted by Crippen LogP contribution is -2.45. The maximum atomic E-state index is 5.93. The molecule has 5 nitrogen and oxygen atoms in total. The van der Waals surface area contributed by atoms with Crippen LogP contribution in [-0.4, -0.2) is 38.8 Å². The summed E-state index contributed by atoms with van der Waals surface area (Å²) in [7, 11) is 3.45. The molecule has 0 spiro atoms. The number of hydrogen-bond donors (Lipinski definition) is 2. The third-order valence-corrected chi connectivity index (χ3v) is 3.87. The first-order chi connectivity index (χ1) is 10.7. The van der Waals surface area contributed by atoms with E-state index in [0.29, 0.717) is 12.6 Å². The van der Waals surface area contributed by atoms with Gasteiger partial charge in [-0.25, -0.2) is 0 Å². The van der Waals surface area contributed by atoms with Crippen LogP contribution in [0, 0.1) is 0 Å². The van der Waals surface area contributed by atoms with Crippen molar-refractivity contribution in [2.24, 2.45) is 4.99 Å². The van der Waals surface area contributed by atoms with Crippen molar-refractivity contribution in [3.8, 4) is 11.5 Å². The second-order valence-corrected chi connectivity index (χ2v) is 5.66. The maximum absolute atomic E-state index is 5.93. The summed E-state index contributed by atoms with van der Waals surface area (Å²) in [5.74, 6) is 2.36. The summed E-state index contributed by atoms with van der Waals surface area (Å²) in [4.78, 5) is 4.28. The van der Waals surface area contributed by atoms with Crippen molar-refractivity contribution in [1.29, 1.82) is 0 Å². The summed E-state index contributed by atoms with van der Waals surface area (Å²) in [5, 5.41) is 6.79. The van der Waals surface area contributed by atoms with Gasteiger partial charge < -0.3 is 20.1 Å². The summed E-state index contributed by atoms with van der Waals surface area (Å²) in [6.45, 7) is 2.72. The molecule has 1 atom stereocenters. The Morgan fingerprint density at radius 2 is 1.91 bits per heavy atom. The van der Waals surface area contributed by atoms with Gasteiger partial charge in [-0.2, -0.15) is 0 Å². The molecule has 1 aliphatic rings. The topological polar surface area (TPSA) is 54.9 Å². The number of hydrogen-bond acceptors (Lipinski definition) is 3. The molecule has 0 aromatic heterocycles. The Morgan fingerprint density at radius 1 is 1.26 bits per heavy atom. The van der Waals surface area contributed by atoms with Crippen molar-refractivity contribution >= 4 is 29.9 Å². The lowest BCUT2D eigenvalue weighted by Gasteiger charge is -2.20. The quantitative estimate of drug-likeness (QED) is 0.411. The van der Waals surface area contributed by atoms with Crippen molar-refractivity contribution < 1.29 is 9.47 Å². The van der Waals surface area contributed by atoms with Crippen molar-refractivity contribution in [1.82, 2.24) is 10.6 Å². The number of para-hydroxylation sites is 2. The molecule has 1 fully saturated rings. The third kappa shape index (κ3) is 6.45. The molecule has 0 radical (unpaired) electrons. The van der Waals surface area contributed by atoms with Crippen molar-refractivity contribution in [3.05, 3.63) is 24.3 Å². The van der Waals surface area contributed by atoms with E-state index < -0.39 is 0 Å². The van der Waals surface area contributed by atoms with E-state index >= 15 is 0 Å². The highest BCUT2D eigenvalue weighted by Gasteiger charge is 2.16. The minimum Gasteiger partial charge on any atom is -0.493 e. The molecule has 1 aliphatic carbocycles. The molecule has 0 bridgehead atoms. The predicted molar refractivity (Wildman–Crippen MR) is 105 cm³/mol. The first-order valence-corrected chi connectivity index (χ1v) is 7.99. The van der Waals surface area contributed by atoms with Crippen LogP contribution in [0.1, 0.15) is 32.6 Å². The number of ether oxygens (including phenoxy) is 2. The van der Waals surface area contributed by atoms with Gasteiger partial charge >= 0.3 is 0 Å². The van der Waals surface area contributed by atoms with Crippen LogP contribution in [0.3, 0.4) is 0 Å². The predicted octanol–water partition coefficient (Wildman–Crippen LogP) is 3.19. The van der Waals surface area contributed by atoms with Gasteiger partial charge in [0.15, 0.2) is 17.5 Å². The molecule has 23 heavy (non-hydrogen) atoms. The Bertz CT molecular complexity index is 490. The van der Waals surface area contributed by atoms with Crippen LogP contribution in [0.5, 0.6) is 11.5 Å². The van der Waals surface area contributed by atoms with E-state index in [4.69, 9.17) is 9.47 Å². The normalized spacial score (nSPS) is 16.4. The summed E-state index contributed by atoms with van der Waals surface area (Å²) in [6, 6.07) is 8.24. The molecular weight excluding hydrogens is 405 g/mol. The molecule has 1 aromatic rings. The van der Waals surface area contributed by atoms with Gasteiger partial charge in [0.2, 0.25) is 0 Å². The molecule has 130 valence electrons. The van der Waals surface area contributed by atoms with Crippen LogP contribution >= 0.6 is 24.0 Å². The maximum Gasteiger partial charge on any atom is 0.191 e. The lowest BCUT2D eigenvalue weighted by molar-refractivity contribution is 0.213. The van der Waals surface area contributed by atoms with Crippen LogP contribution in [0.15, 0.2) is 29.3 Å². The number of guanidine groups is 1. The number of halogens is 1. The first-order valence-electron chi connectivity index (χ1n) is 7.99. The SMILES string of the molecule is CN=C(NCC(C)Oc1ccccc1OC)NC1CCCC1.I. The number of benzene rings is 1. The number of rotatable bonds is 6. The van der Waals surface area contributed by atoms with E-state index in [1.54, 1.807) is 14.2 Å². The average molecular weight is 433 g/mol. The highest BCUT2D eigenvalue weighted by Crippen LogP contribution is 2.26. The van der Waals surface area contributed by atoms with E-state index in [-0.39, 0.29) is 30.1 Å². The molecule has 2 rings (SSSR count). The fourth-order valence-electron chi connectivity index (χ4n) is 2.67. The molecule has 2 N–H and O–H groups in total. The van der Waals surface area contributed by atoms with E-state index in [0.717, 1.165) is 17.5 Å². The molecule has 0 heterocycles. The number of nitrogens with one attached hydrogen (secondary N) is 2. The second kappa shape index (κ2) is 10.6. The van der Waals surface area contributed by atoms with Gasteiger partial charge in [-0.15, -0.1) is 24.0 Å². The van der Waals surface area contributed by atoms with Gasteiger partial charge in [-0.3, -0.25) is 4.99 Å². The van der Waals surface area contributed by atoms with Gasteiger partial charge in [0.25, 0.3) is 0 Å². The van der Waals surface area contributed by atoms with Gasteiger partial charge in [0, 0.05) is 13.1 Å². The van der Waals surface area contributed by atoms with Crippen molar-refractivity contribution in [2.45, 2.75) is 44.8 Å². The standard InChI is InChI=1S/C17H27N3O2.HI/c1-13(22-16-11-7-6-10-15(16)21-3)12-19-17(18-2)20-14-8-4-5-9-14;/h6-7,10-11,13-14H,4-5,8-9,12H2,1-3H3,(H2,18,19,20);1H. The molecule has 6 heteroatoms. The Labute approximate surface area is 156 Å². The minimum atomic E-state index is 0. The molecule has 0 aliphatic heterocycles. The largest absolute Gasteiger partial charge is 0.493 e. The van der Waals surface area contributed by atoms with Crippen LogP contribution in [0.2, 0.25) is 0 Å². The fourth-order valence-corrected chi connectivity index (χ4v) is 2.67. The monoisotopic (exact) mass is 433 g/mol. The molecule has 0 amide bonds. The molecular formula is C17H28IN3O2. The fraction of sp³-hybridized carbons (Fsp3) is 0.588. The highest BCUT2D eigenvalue weighted by atomic mass is 127. The van der Waals surface area contributed by atoms with Crippen LogP contribution in [-0.2, 0) is 0 Å². The minimum absolute atomic E-state index is 0. The third-order valence-electron chi connectivity index (χ3n) is 3.87. The molecule has 0 saturated heterocycles. The zero-order valence-electron chi connectivity index (χ0n) is 14.2. The van der Waals surface area contributed by atoms with Gasteiger partial charge in [0.05, 0.1) is 13.7 Å².